The highest BCUT2D eigenvalue weighted by atomic mass is 35.5. The molecule has 1 rings (SSSR count). The number of likely N-dealkylation sites (N-methyl/N-ethyl adjacent to an activating group) is 1. The molecule has 0 atom stereocenters. The predicted molar refractivity (Wildman–Crippen MR) is 62.1 cm³/mol. The van der Waals surface area contributed by atoms with E-state index < -0.39 is 0 Å². The summed E-state index contributed by atoms with van der Waals surface area (Å²) < 4.78 is 0. The molecule has 0 unspecified atom stereocenters. The Morgan fingerprint density at radius 3 is 2.29 bits per heavy atom. The van der Waals surface area contributed by atoms with Gasteiger partial charge in [0.15, 0.2) is 0 Å². The van der Waals surface area contributed by atoms with E-state index in [2.05, 4.69) is 0 Å². The number of hydrogen-bond acceptors (Lipinski definition) is 2. The van der Waals surface area contributed by atoms with Gasteiger partial charge in [-0.2, -0.15) is 0 Å². The summed E-state index contributed by atoms with van der Waals surface area (Å²) in [5.74, 6) is 0.150. The number of nitrogens with zero attached hydrogens (tertiary/aromatic N) is 1. The lowest BCUT2D eigenvalue weighted by Gasteiger charge is -2.17. The van der Waals surface area contributed by atoms with Gasteiger partial charge < -0.3 is 4.90 Å². The molecule has 0 bridgehead atoms. The molecule has 0 aliphatic rings. The molecule has 1 aromatic rings. The van der Waals surface area contributed by atoms with E-state index in [1.54, 1.807) is 6.92 Å². The molecular weight excluding hydrogens is 198 g/mol. The fourth-order valence-corrected chi connectivity index (χ4v) is 1.25. The summed E-state index contributed by atoms with van der Waals surface area (Å²) in [5, 5.41) is 0.708. The summed E-state index contributed by atoms with van der Waals surface area (Å²) in [7, 11) is 1.88. The number of ketones is 1. The topological polar surface area (TPSA) is 20.3 Å². The minimum atomic E-state index is 0. The van der Waals surface area contributed by atoms with E-state index in [0.29, 0.717) is 11.6 Å². The smallest absolute Gasteiger partial charge is 0.149 e. The van der Waals surface area contributed by atoms with Gasteiger partial charge in [-0.25, -0.2) is 0 Å². The lowest BCUT2D eigenvalue weighted by molar-refractivity contribution is -0.115. The highest BCUT2D eigenvalue weighted by Crippen LogP contribution is 2.16. The van der Waals surface area contributed by atoms with E-state index in [1.165, 1.54) is 0 Å². The van der Waals surface area contributed by atoms with E-state index in [1.807, 2.05) is 36.2 Å². The molecule has 0 aromatic heterocycles. The number of hydrogen-bond donors (Lipinski definition) is 0. The number of anilines is 1. The molecule has 0 amide bonds. The molecule has 78 valence electrons. The minimum Gasteiger partial charge on any atom is -0.367 e. The molecule has 0 spiro atoms. The zero-order valence-electron chi connectivity index (χ0n) is 7.75. The first kappa shape index (κ1) is 13.0. The first-order valence-corrected chi connectivity index (χ1v) is 4.43. The molecular formula is C11H16ClNO. The molecule has 0 radical (unpaired) electrons. The van der Waals surface area contributed by atoms with E-state index >= 15 is 0 Å². The molecule has 0 fully saturated rings. The van der Waals surface area contributed by atoms with Crippen molar-refractivity contribution in [3.63, 3.8) is 0 Å². The van der Waals surface area contributed by atoms with Crippen LogP contribution in [-0.2, 0) is 4.79 Å². The van der Waals surface area contributed by atoms with Crippen molar-refractivity contribution in [2.45, 2.75) is 14.4 Å². The van der Waals surface area contributed by atoms with Crippen LogP contribution in [0.1, 0.15) is 14.4 Å². The van der Waals surface area contributed by atoms with Crippen LogP contribution in [0, 0.1) is 0 Å². The fraction of sp³-hybridized carbons (Fsp3) is 0.364. The van der Waals surface area contributed by atoms with Gasteiger partial charge in [-0.1, -0.05) is 19.0 Å². The average molecular weight is 214 g/mol. The van der Waals surface area contributed by atoms with Crippen LogP contribution >= 0.6 is 11.6 Å². The Morgan fingerprint density at radius 1 is 1.36 bits per heavy atom. The molecule has 1 aromatic carbocycles. The van der Waals surface area contributed by atoms with Crippen LogP contribution in [-0.4, -0.2) is 19.4 Å². The summed E-state index contributed by atoms with van der Waals surface area (Å²) in [6, 6.07) is 7.41. The first-order valence-electron chi connectivity index (χ1n) is 4.06. The number of benzene rings is 1. The molecule has 3 heteroatoms. The van der Waals surface area contributed by atoms with E-state index in [4.69, 9.17) is 11.6 Å². The minimum absolute atomic E-state index is 0. The van der Waals surface area contributed by atoms with Gasteiger partial charge in [0.05, 0.1) is 6.54 Å². The first-order chi connectivity index (χ1) is 6.09. The van der Waals surface area contributed by atoms with Crippen LogP contribution in [0.2, 0.25) is 5.02 Å². The van der Waals surface area contributed by atoms with Gasteiger partial charge in [-0.05, 0) is 31.2 Å². The summed E-state index contributed by atoms with van der Waals surface area (Å²) in [4.78, 5) is 12.7. The summed E-state index contributed by atoms with van der Waals surface area (Å²) in [6.07, 6.45) is 0. The Kier molecular flexibility index (Phi) is 5.24. The molecule has 2 nitrogen and oxygen atoms in total. The third-order valence-electron chi connectivity index (χ3n) is 1.73. The molecule has 0 saturated carbocycles. The van der Waals surface area contributed by atoms with Crippen molar-refractivity contribution in [1.82, 2.24) is 0 Å². The van der Waals surface area contributed by atoms with Crippen LogP contribution in [0.25, 0.3) is 0 Å². The highest BCUT2D eigenvalue weighted by molar-refractivity contribution is 6.30. The van der Waals surface area contributed by atoms with Gasteiger partial charge in [-0.15, -0.1) is 0 Å². The van der Waals surface area contributed by atoms with E-state index in [0.717, 1.165) is 5.69 Å². The maximum atomic E-state index is 10.8. The second-order valence-electron chi connectivity index (χ2n) is 3.03. The zero-order chi connectivity index (χ0) is 9.84. The van der Waals surface area contributed by atoms with Gasteiger partial charge in [-0.3, -0.25) is 4.79 Å². The fourth-order valence-electron chi connectivity index (χ4n) is 1.12. The highest BCUT2D eigenvalue weighted by Gasteiger charge is 2.02. The van der Waals surface area contributed by atoms with Gasteiger partial charge in [0, 0.05) is 17.8 Å². The number of carbonyl (C=O) groups excluding carboxylic acids is 1. The van der Waals surface area contributed by atoms with Gasteiger partial charge in [0.2, 0.25) is 0 Å². The largest absolute Gasteiger partial charge is 0.367 e. The van der Waals surface area contributed by atoms with Crippen LogP contribution in [0.15, 0.2) is 24.3 Å². The number of rotatable bonds is 3. The molecule has 0 N–H and O–H groups in total. The second-order valence-corrected chi connectivity index (χ2v) is 3.47. The van der Waals surface area contributed by atoms with Crippen molar-refractivity contribution in [3.8, 4) is 0 Å². The second kappa shape index (κ2) is 5.66. The normalized spacial score (nSPS) is 9.07. The van der Waals surface area contributed by atoms with Gasteiger partial charge in [0.25, 0.3) is 0 Å². The molecule has 0 saturated heterocycles. The van der Waals surface area contributed by atoms with Crippen molar-refractivity contribution in [1.29, 1.82) is 0 Å². The lowest BCUT2D eigenvalue weighted by Crippen LogP contribution is -2.23. The predicted octanol–water partition coefficient (Wildman–Crippen LogP) is 3.00. The molecule has 0 aliphatic heterocycles. The summed E-state index contributed by atoms with van der Waals surface area (Å²) in [6.45, 7) is 2.01. The third kappa shape index (κ3) is 3.79. The monoisotopic (exact) mass is 213 g/mol. The number of halogens is 1. The van der Waals surface area contributed by atoms with Crippen LogP contribution in [0.5, 0.6) is 0 Å². The van der Waals surface area contributed by atoms with Crippen LogP contribution in [0.3, 0.4) is 0 Å². The Balaban J connectivity index is 0.00000169. The van der Waals surface area contributed by atoms with Gasteiger partial charge in [0.1, 0.15) is 5.78 Å². The van der Waals surface area contributed by atoms with Crippen molar-refractivity contribution >= 4 is 23.1 Å². The quantitative estimate of drug-likeness (QED) is 0.770. The number of carbonyl (C=O) groups is 1. The van der Waals surface area contributed by atoms with Crippen LogP contribution < -0.4 is 4.90 Å². The van der Waals surface area contributed by atoms with Crippen LogP contribution in [0.4, 0.5) is 5.69 Å². The van der Waals surface area contributed by atoms with E-state index in [-0.39, 0.29) is 13.2 Å². The molecule has 0 heterocycles. The molecule has 0 aliphatic carbocycles. The maximum Gasteiger partial charge on any atom is 0.149 e. The van der Waals surface area contributed by atoms with Crippen molar-refractivity contribution < 1.29 is 4.79 Å². The lowest BCUT2D eigenvalue weighted by atomic mass is 10.3. The summed E-state index contributed by atoms with van der Waals surface area (Å²) >= 11 is 5.74. The Morgan fingerprint density at radius 2 is 1.86 bits per heavy atom. The van der Waals surface area contributed by atoms with E-state index in [9.17, 15) is 4.79 Å². The Labute approximate surface area is 90.5 Å². The average Bonchev–Trinajstić information content (AvgIpc) is 2.04. The maximum absolute atomic E-state index is 10.8. The van der Waals surface area contributed by atoms with Crippen molar-refractivity contribution in [2.24, 2.45) is 0 Å². The summed E-state index contributed by atoms with van der Waals surface area (Å²) in [5.41, 5.74) is 1.000. The Hall–Kier alpha value is -1.02. The van der Waals surface area contributed by atoms with Gasteiger partial charge >= 0.3 is 0 Å². The Bertz CT molecular complexity index is 295. The van der Waals surface area contributed by atoms with Crippen molar-refractivity contribution in [2.75, 3.05) is 18.5 Å². The zero-order valence-corrected chi connectivity index (χ0v) is 8.51. The molecule has 14 heavy (non-hydrogen) atoms. The third-order valence-corrected chi connectivity index (χ3v) is 1.98. The standard InChI is InChI=1S/C10H12ClNO.CH4/c1-8(13)7-12(2)10-5-3-9(11)4-6-10;/h3-6H,7H2,1-2H3;1H4. The number of Topliss-reactive ketones (excluding diaryl/α,β-unsaturated/α-hetero) is 1. The SMILES string of the molecule is C.CC(=O)CN(C)c1ccc(Cl)cc1. The van der Waals surface area contributed by atoms with Crippen molar-refractivity contribution in [3.05, 3.63) is 29.3 Å².